The molecular formula is C12H16INO2. The second kappa shape index (κ2) is 7.49. The van der Waals surface area contributed by atoms with E-state index in [1.807, 2.05) is 0 Å². The monoisotopic (exact) mass is 333 g/mol. The number of carbonyl (C=O) groups is 1. The molecule has 0 bridgehead atoms. The standard InChI is InChI=1S/C12H16INO2/c13-10-5-7-11(8-6-10)14-9-3-1-2-4-12(15)16/h5-8,14H,1-4,9H2,(H,15,16). The number of hydrogen-bond donors (Lipinski definition) is 2. The van der Waals surface area contributed by atoms with Gasteiger partial charge in [0.1, 0.15) is 0 Å². The highest BCUT2D eigenvalue weighted by Crippen LogP contribution is 2.11. The van der Waals surface area contributed by atoms with Crippen LogP contribution in [0.1, 0.15) is 25.7 Å². The Balaban J connectivity index is 2.07. The van der Waals surface area contributed by atoms with Gasteiger partial charge in [-0.1, -0.05) is 6.42 Å². The van der Waals surface area contributed by atoms with E-state index in [1.165, 1.54) is 3.57 Å². The summed E-state index contributed by atoms with van der Waals surface area (Å²) in [4.78, 5) is 10.3. The molecule has 0 spiro atoms. The molecule has 0 radical (unpaired) electrons. The Bertz CT molecular complexity index is 324. The van der Waals surface area contributed by atoms with Gasteiger partial charge < -0.3 is 10.4 Å². The average molecular weight is 333 g/mol. The predicted octanol–water partition coefficient (Wildman–Crippen LogP) is 3.35. The maximum absolute atomic E-state index is 10.3. The van der Waals surface area contributed by atoms with Gasteiger partial charge in [0.15, 0.2) is 0 Å². The minimum Gasteiger partial charge on any atom is -0.481 e. The van der Waals surface area contributed by atoms with E-state index in [4.69, 9.17) is 5.11 Å². The molecule has 0 aliphatic heterocycles. The third-order valence-corrected chi connectivity index (χ3v) is 2.96. The first-order chi connectivity index (χ1) is 7.68. The van der Waals surface area contributed by atoms with Crippen molar-refractivity contribution in [2.75, 3.05) is 11.9 Å². The highest BCUT2D eigenvalue weighted by Gasteiger charge is 1.96. The Morgan fingerprint density at radius 3 is 2.50 bits per heavy atom. The first-order valence-corrected chi connectivity index (χ1v) is 6.47. The van der Waals surface area contributed by atoms with Gasteiger partial charge >= 0.3 is 5.97 Å². The molecule has 1 rings (SSSR count). The van der Waals surface area contributed by atoms with E-state index in [0.29, 0.717) is 0 Å². The lowest BCUT2D eigenvalue weighted by Crippen LogP contribution is -2.02. The minimum atomic E-state index is -0.703. The molecule has 0 heterocycles. The molecule has 0 amide bonds. The first kappa shape index (κ1) is 13.3. The number of benzene rings is 1. The van der Waals surface area contributed by atoms with Crippen molar-refractivity contribution in [3.05, 3.63) is 27.8 Å². The molecule has 0 fully saturated rings. The average Bonchev–Trinajstić information content (AvgIpc) is 2.25. The molecule has 1 aromatic carbocycles. The van der Waals surface area contributed by atoms with Crippen LogP contribution in [0.15, 0.2) is 24.3 Å². The van der Waals surface area contributed by atoms with Crippen LogP contribution in [-0.2, 0) is 4.79 Å². The SMILES string of the molecule is O=C(O)CCCCCNc1ccc(I)cc1. The number of unbranched alkanes of at least 4 members (excludes halogenated alkanes) is 2. The Hall–Kier alpha value is -0.780. The summed E-state index contributed by atoms with van der Waals surface area (Å²) in [6.07, 6.45) is 3.02. The smallest absolute Gasteiger partial charge is 0.303 e. The van der Waals surface area contributed by atoms with Crippen LogP contribution in [0.4, 0.5) is 5.69 Å². The summed E-state index contributed by atoms with van der Waals surface area (Å²) in [7, 11) is 0. The number of aliphatic carboxylic acids is 1. The lowest BCUT2D eigenvalue weighted by molar-refractivity contribution is -0.137. The molecule has 1 aromatic rings. The second-order valence-corrected chi connectivity index (χ2v) is 4.88. The molecule has 4 heteroatoms. The van der Waals surface area contributed by atoms with Gasteiger partial charge in [0.05, 0.1) is 0 Å². The number of halogens is 1. The first-order valence-electron chi connectivity index (χ1n) is 5.40. The van der Waals surface area contributed by atoms with Gasteiger partial charge in [0.2, 0.25) is 0 Å². The van der Waals surface area contributed by atoms with Gasteiger partial charge in [-0.3, -0.25) is 4.79 Å². The van der Waals surface area contributed by atoms with Crippen molar-refractivity contribution in [3.8, 4) is 0 Å². The van der Waals surface area contributed by atoms with Gasteiger partial charge in [-0.25, -0.2) is 0 Å². The van der Waals surface area contributed by atoms with E-state index in [0.717, 1.165) is 31.5 Å². The van der Waals surface area contributed by atoms with Crippen LogP contribution < -0.4 is 5.32 Å². The van der Waals surface area contributed by atoms with Crippen molar-refractivity contribution in [2.24, 2.45) is 0 Å². The molecule has 0 aliphatic rings. The molecule has 3 nitrogen and oxygen atoms in total. The maximum Gasteiger partial charge on any atom is 0.303 e. The van der Waals surface area contributed by atoms with Gasteiger partial charge in [0, 0.05) is 22.2 Å². The summed E-state index contributed by atoms with van der Waals surface area (Å²) in [6.45, 7) is 0.903. The number of rotatable bonds is 7. The summed E-state index contributed by atoms with van der Waals surface area (Å²) in [5.41, 5.74) is 1.12. The summed E-state index contributed by atoms with van der Waals surface area (Å²) in [6, 6.07) is 8.23. The quantitative estimate of drug-likeness (QED) is 0.594. The zero-order valence-electron chi connectivity index (χ0n) is 9.08. The Morgan fingerprint density at radius 2 is 1.88 bits per heavy atom. The predicted molar refractivity (Wildman–Crippen MR) is 73.8 cm³/mol. The van der Waals surface area contributed by atoms with E-state index < -0.39 is 5.97 Å². The van der Waals surface area contributed by atoms with Crippen molar-refractivity contribution < 1.29 is 9.90 Å². The number of nitrogens with one attached hydrogen (secondary N) is 1. The lowest BCUT2D eigenvalue weighted by Gasteiger charge is -2.05. The summed E-state index contributed by atoms with van der Waals surface area (Å²) >= 11 is 2.28. The maximum atomic E-state index is 10.3. The number of hydrogen-bond acceptors (Lipinski definition) is 2. The Morgan fingerprint density at radius 1 is 1.19 bits per heavy atom. The molecule has 0 saturated heterocycles. The van der Waals surface area contributed by atoms with E-state index in [-0.39, 0.29) is 6.42 Å². The fraction of sp³-hybridized carbons (Fsp3) is 0.417. The molecule has 0 aliphatic carbocycles. The zero-order chi connectivity index (χ0) is 11.8. The van der Waals surface area contributed by atoms with Crippen LogP contribution in [-0.4, -0.2) is 17.6 Å². The van der Waals surface area contributed by atoms with Crippen LogP contribution >= 0.6 is 22.6 Å². The van der Waals surface area contributed by atoms with Gasteiger partial charge in [-0.15, -0.1) is 0 Å². The summed E-state index contributed by atoms with van der Waals surface area (Å²) in [5.74, 6) is -0.703. The van der Waals surface area contributed by atoms with Crippen molar-refractivity contribution in [1.29, 1.82) is 0 Å². The normalized spacial score (nSPS) is 10.1. The van der Waals surface area contributed by atoms with Crippen LogP contribution in [0, 0.1) is 3.57 Å². The molecule has 0 atom stereocenters. The lowest BCUT2D eigenvalue weighted by atomic mass is 10.2. The Labute approximate surface area is 109 Å². The summed E-state index contributed by atoms with van der Waals surface area (Å²) < 4.78 is 1.23. The van der Waals surface area contributed by atoms with Crippen molar-refractivity contribution in [3.63, 3.8) is 0 Å². The molecule has 2 N–H and O–H groups in total. The highest BCUT2D eigenvalue weighted by molar-refractivity contribution is 14.1. The number of carboxylic acids is 1. The molecule has 16 heavy (non-hydrogen) atoms. The van der Waals surface area contributed by atoms with Gasteiger partial charge in [-0.05, 0) is 59.7 Å². The molecule has 0 aromatic heterocycles. The topological polar surface area (TPSA) is 49.3 Å². The Kier molecular flexibility index (Phi) is 6.22. The van der Waals surface area contributed by atoms with Crippen LogP contribution in [0.2, 0.25) is 0 Å². The van der Waals surface area contributed by atoms with Crippen LogP contribution in [0.3, 0.4) is 0 Å². The van der Waals surface area contributed by atoms with E-state index >= 15 is 0 Å². The van der Waals surface area contributed by atoms with Crippen molar-refractivity contribution in [2.45, 2.75) is 25.7 Å². The third-order valence-electron chi connectivity index (χ3n) is 2.24. The van der Waals surface area contributed by atoms with E-state index in [1.54, 1.807) is 0 Å². The van der Waals surface area contributed by atoms with Crippen LogP contribution in [0.25, 0.3) is 0 Å². The molecule has 0 unspecified atom stereocenters. The number of carboxylic acid groups (broad SMARTS) is 1. The number of anilines is 1. The van der Waals surface area contributed by atoms with Crippen molar-refractivity contribution >= 4 is 34.2 Å². The van der Waals surface area contributed by atoms with Crippen LogP contribution in [0.5, 0.6) is 0 Å². The molecule has 0 saturated carbocycles. The third kappa shape index (κ3) is 5.95. The molecule has 88 valence electrons. The minimum absolute atomic E-state index is 0.281. The van der Waals surface area contributed by atoms with E-state index in [2.05, 4.69) is 52.2 Å². The molecular weight excluding hydrogens is 317 g/mol. The van der Waals surface area contributed by atoms with Crippen molar-refractivity contribution in [1.82, 2.24) is 0 Å². The van der Waals surface area contributed by atoms with Gasteiger partial charge in [-0.2, -0.15) is 0 Å². The fourth-order valence-corrected chi connectivity index (χ4v) is 1.74. The largest absolute Gasteiger partial charge is 0.481 e. The second-order valence-electron chi connectivity index (χ2n) is 3.64. The summed E-state index contributed by atoms with van der Waals surface area (Å²) in [5, 5.41) is 11.8. The zero-order valence-corrected chi connectivity index (χ0v) is 11.2. The fourth-order valence-electron chi connectivity index (χ4n) is 1.38. The van der Waals surface area contributed by atoms with E-state index in [9.17, 15) is 4.79 Å². The van der Waals surface area contributed by atoms with Gasteiger partial charge in [0.25, 0.3) is 0 Å². The highest BCUT2D eigenvalue weighted by atomic mass is 127.